The lowest BCUT2D eigenvalue weighted by molar-refractivity contribution is -0.205. The predicted octanol–water partition coefficient (Wildman–Crippen LogP) is 3.26. The fraction of sp³-hybridized carbons (Fsp3) is 0.731. The van der Waals surface area contributed by atoms with Crippen LogP contribution >= 0.6 is 0 Å². The first kappa shape index (κ1) is 26.4. The minimum atomic E-state index is -1.56. The van der Waals surface area contributed by atoms with Crippen LogP contribution < -0.4 is 0 Å². The number of hydrogen-bond donors (Lipinski definition) is 1. The molecule has 8 nitrogen and oxygen atoms in total. The summed E-state index contributed by atoms with van der Waals surface area (Å²) >= 11 is 0. The molecule has 1 N–H and O–H groups in total. The van der Waals surface area contributed by atoms with E-state index in [-0.39, 0.29) is 12.0 Å². The van der Waals surface area contributed by atoms with Crippen molar-refractivity contribution in [3.05, 3.63) is 23.8 Å². The molecular weight excluding hydrogens is 440 g/mol. The number of carbonyl (C=O) groups is 3. The Bertz CT molecular complexity index is 885. The Labute approximate surface area is 201 Å². The lowest BCUT2D eigenvalue weighted by Gasteiger charge is -2.50. The second kappa shape index (κ2) is 9.46. The van der Waals surface area contributed by atoms with Crippen molar-refractivity contribution in [2.75, 3.05) is 0 Å². The molecule has 3 rings (SSSR count). The molecular formula is C26H38O8. The van der Waals surface area contributed by atoms with Crippen molar-refractivity contribution in [2.24, 2.45) is 17.8 Å². The number of carbonyl (C=O) groups excluding carboxylic acids is 3. The second-order valence-corrected chi connectivity index (χ2v) is 10.7. The number of esters is 3. The number of rotatable bonds is 4. The third-order valence-electron chi connectivity index (χ3n) is 7.50. The Morgan fingerprint density at radius 1 is 1.12 bits per heavy atom. The maximum absolute atomic E-state index is 12.0. The van der Waals surface area contributed by atoms with Crippen molar-refractivity contribution in [2.45, 2.75) is 103 Å². The van der Waals surface area contributed by atoms with E-state index in [1.165, 1.54) is 20.8 Å². The van der Waals surface area contributed by atoms with E-state index < -0.39 is 59.3 Å². The van der Waals surface area contributed by atoms with Crippen molar-refractivity contribution < 1.29 is 38.4 Å². The molecule has 0 unspecified atom stereocenters. The van der Waals surface area contributed by atoms with Gasteiger partial charge in [0, 0.05) is 51.4 Å². The van der Waals surface area contributed by atoms with Crippen LogP contribution in [-0.4, -0.2) is 58.6 Å². The van der Waals surface area contributed by atoms with Gasteiger partial charge in [-0.2, -0.15) is 0 Å². The predicted molar refractivity (Wildman–Crippen MR) is 123 cm³/mol. The van der Waals surface area contributed by atoms with E-state index in [2.05, 4.69) is 6.58 Å². The Kier molecular flexibility index (Phi) is 7.35. The quantitative estimate of drug-likeness (QED) is 0.373. The lowest BCUT2D eigenvalue weighted by atomic mass is 9.58. The maximum atomic E-state index is 12.0. The molecule has 0 aromatic heterocycles. The zero-order valence-corrected chi connectivity index (χ0v) is 21.3. The highest BCUT2D eigenvalue weighted by Crippen LogP contribution is 2.56. The summed E-state index contributed by atoms with van der Waals surface area (Å²) in [5.41, 5.74) is -0.668. The monoisotopic (exact) mass is 478 g/mol. The first-order valence-electron chi connectivity index (χ1n) is 11.9. The molecule has 8 heteroatoms. The van der Waals surface area contributed by atoms with E-state index >= 15 is 0 Å². The van der Waals surface area contributed by atoms with Gasteiger partial charge in [-0.25, -0.2) is 0 Å². The Morgan fingerprint density at radius 2 is 1.74 bits per heavy atom. The number of ether oxygens (including phenoxy) is 4. The van der Waals surface area contributed by atoms with Crippen molar-refractivity contribution in [1.29, 1.82) is 0 Å². The summed E-state index contributed by atoms with van der Waals surface area (Å²) in [5.74, 6) is -2.45. The molecule has 0 aromatic rings. The van der Waals surface area contributed by atoms with E-state index in [0.717, 1.165) is 11.1 Å². The highest BCUT2D eigenvalue weighted by Gasteiger charge is 2.64. The third kappa shape index (κ3) is 5.08. The van der Waals surface area contributed by atoms with Crippen molar-refractivity contribution in [1.82, 2.24) is 0 Å². The first-order chi connectivity index (χ1) is 15.6. The largest absolute Gasteiger partial charge is 0.462 e. The van der Waals surface area contributed by atoms with E-state index in [1.807, 2.05) is 13.0 Å². The van der Waals surface area contributed by atoms with Gasteiger partial charge in [0.05, 0.1) is 12.2 Å². The maximum Gasteiger partial charge on any atom is 0.303 e. The van der Waals surface area contributed by atoms with Crippen molar-refractivity contribution in [3.63, 3.8) is 0 Å². The number of aliphatic hydroxyl groups is 1. The average Bonchev–Trinajstić information content (AvgIpc) is 3.03. The fourth-order valence-corrected chi connectivity index (χ4v) is 6.39. The third-order valence-corrected chi connectivity index (χ3v) is 7.50. The van der Waals surface area contributed by atoms with Crippen LogP contribution in [0.1, 0.15) is 67.7 Å². The molecule has 0 aromatic carbocycles. The van der Waals surface area contributed by atoms with Gasteiger partial charge in [-0.15, -0.1) is 0 Å². The summed E-state index contributed by atoms with van der Waals surface area (Å²) in [6, 6.07) is 0. The fourth-order valence-electron chi connectivity index (χ4n) is 6.39. The van der Waals surface area contributed by atoms with Gasteiger partial charge in [0.25, 0.3) is 0 Å². The molecule has 1 saturated carbocycles. The molecule has 8 atom stereocenters. The molecule has 2 heterocycles. The van der Waals surface area contributed by atoms with Crippen LogP contribution in [0.3, 0.4) is 0 Å². The first-order valence-corrected chi connectivity index (χ1v) is 11.9. The van der Waals surface area contributed by atoms with Crippen LogP contribution in [0, 0.1) is 17.8 Å². The lowest BCUT2D eigenvalue weighted by Crippen LogP contribution is -2.60. The second-order valence-electron chi connectivity index (χ2n) is 10.7. The SMILES string of the molecule is C=C1C[C@@H](OC(C)=O)[C@H](C(C)(C)OC(C)=O)[C@@H]2[C@H]1[C@H]1C/C(C)=C/C[C@H](OC(C)=O)[C@@](C)(O)[C@@H]2O1. The number of fused-ring (bicyclic) bond motifs is 5. The summed E-state index contributed by atoms with van der Waals surface area (Å²) in [6.45, 7) is 15.5. The number of hydrogen-bond acceptors (Lipinski definition) is 8. The Morgan fingerprint density at radius 3 is 2.29 bits per heavy atom. The summed E-state index contributed by atoms with van der Waals surface area (Å²) in [7, 11) is 0. The molecule has 2 aliphatic heterocycles. The molecule has 0 spiro atoms. The Hall–Kier alpha value is -2.19. The molecule has 1 aliphatic carbocycles. The minimum absolute atomic E-state index is 0.164. The molecule has 2 bridgehead atoms. The average molecular weight is 479 g/mol. The summed E-state index contributed by atoms with van der Waals surface area (Å²) in [6.07, 6.45) is 0.842. The molecule has 3 aliphatic rings. The van der Waals surface area contributed by atoms with E-state index in [4.69, 9.17) is 18.9 Å². The molecule has 2 fully saturated rings. The molecule has 34 heavy (non-hydrogen) atoms. The van der Waals surface area contributed by atoms with Gasteiger partial charge in [-0.05, 0) is 34.1 Å². The molecule has 0 radical (unpaired) electrons. The minimum Gasteiger partial charge on any atom is -0.462 e. The van der Waals surface area contributed by atoms with Crippen LogP contribution in [0.4, 0.5) is 0 Å². The zero-order valence-electron chi connectivity index (χ0n) is 21.3. The smallest absolute Gasteiger partial charge is 0.303 e. The van der Waals surface area contributed by atoms with Gasteiger partial charge in [-0.1, -0.05) is 23.8 Å². The molecule has 190 valence electrons. The molecule has 0 amide bonds. The standard InChI is InChI=1S/C26H38O8/c1-13-9-10-20(32-16(4)28)26(8,30)24-22-21(18(11-13)33-24)14(2)12-19(31-15(3)27)23(22)25(6,7)34-17(5)29/h9,18-24,30H,2,10-12H2,1,3-8H3/b13-9+/t18-,19-,20+,21-,22+,23+,24-,26-/m1/s1. The summed E-state index contributed by atoms with van der Waals surface area (Å²) in [5, 5.41) is 11.9. The zero-order chi connectivity index (χ0) is 25.6. The van der Waals surface area contributed by atoms with Gasteiger partial charge in [0.15, 0.2) is 0 Å². The van der Waals surface area contributed by atoms with Crippen molar-refractivity contribution in [3.8, 4) is 0 Å². The van der Waals surface area contributed by atoms with Crippen molar-refractivity contribution >= 4 is 17.9 Å². The van der Waals surface area contributed by atoms with Gasteiger partial charge in [-0.3, -0.25) is 14.4 Å². The van der Waals surface area contributed by atoms with Crippen LogP contribution in [-0.2, 0) is 33.3 Å². The Balaban J connectivity index is 2.17. The van der Waals surface area contributed by atoms with Crippen LogP contribution in [0.5, 0.6) is 0 Å². The summed E-state index contributed by atoms with van der Waals surface area (Å²) in [4.78, 5) is 35.9. The summed E-state index contributed by atoms with van der Waals surface area (Å²) < 4.78 is 23.6. The molecule has 1 saturated heterocycles. The van der Waals surface area contributed by atoms with E-state index in [9.17, 15) is 19.5 Å². The topological polar surface area (TPSA) is 108 Å². The van der Waals surface area contributed by atoms with Crippen LogP contribution in [0.15, 0.2) is 23.8 Å². The van der Waals surface area contributed by atoms with Gasteiger partial charge >= 0.3 is 17.9 Å². The van der Waals surface area contributed by atoms with Gasteiger partial charge in [0.1, 0.15) is 23.4 Å². The highest BCUT2D eigenvalue weighted by atomic mass is 16.6. The van der Waals surface area contributed by atoms with Gasteiger partial charge in [0.2, 0.25) is 0 Å². The van der Waals surface area contributed by atoms with E-state index in [0.29, 0.717) is 19.3 Å². The van der Waals surface area contributed by atoms with Crippen LogP contribution in [0.25, 0.3) is 0 Å². The highest BCUT2D eigenvalue weighted by molar-refractivity contribution is 5.67. The van der Waals surface area contributed by atoms with Gasteiger partial charge < -0.3 is 24.1 Å². The van der Waals surface area contributed by atoms with E-state index in [1.54, 1.807) is 20.8 Å². The van der Waals surface area contributed by atoms with Crippen LogP contribution in [0.2, 0.25) is 0 Å². The normalized spacial score (nSPS) is 39.5.